The van der Waals surface area contributed by atoms with Crippen LogP contribution in [-0.4, -0.2) is 5.11 Å². The van der Waals surface area contributed by atoms with Crippen molar-refractivity contribution in [3.8, 4) is 18.1 Å². The summed E-state index contributed by atoms with van der Waals surface area (Å²) >= 11 is 3.26. The number of rotatable bonds is 2. The van der Waals surface area contributed by atoms with Crippen molar-refractivity contribution in [3.05, 3.63) is 28.2 Å². The SMILES string of the molecule is C#CCCc1ccc(Br)cc1O. The molecule has 0 atom stereocenters. The van der Waals surface area contributed by atoms with Crippen LogP contribution in [0.1, 0.15) is 12.0 Å². The minimum Gasteiger partial charge on any atom is -0.508 e. The molecule has 0 bridgehead atoms. The summed E-state index contributed by atoms with van der Waals surface area (Å²) in [7, 11) is 0. The Morgan fingerprint density at radius 3 is 2.83 bits per heavy atom. The Hall–Kier alpha value is -0.940. The third-order valence-corrected chi connectivity index (χ3v) is 2.08. The number of phenols is 1. The van der Waals surface area contributed by atoms with Gasteiger partial charge in [-0.2, -0.15) is 0 Å². The summed E-state index contributed by atoms with van der Waals surface area (Å²) < 4.78 is 0.879. The molecule has 1 N–H and O–H groups in total. The maximum absolute atomic E-state index is 9.42. The Bertz CT molecular complexity index is 312. The van der Waals surface area contributed by atoms with Crippen molar-refractivity contribution in [1.29, 1.82) is 0 Å². The summed E-state index contributed by atoms with van der Waals surface area (Å²) in [6.45, 7) is 0. The van der Waals surface area contributed by atoms with Crippen molar-refractivity contribution in [2.45, 2.75) is 12.8 Å². The lowest BCUT2D eigenvalue weighted by molar-refractivity contribution is 0.468. The molecule has 0 aliphatic carbocycles. The van der Waals surface area contributed by atoms with Gasteiger partial charge in [0.1, 0.15) is 5.75 Å². The van der Waals surface area contributed by atoms with Crippen LogP contribution in [0.4, 0.5) is 0 Å². The number of hydrogen-bond acceptors (Lipinski definition) is 1. The molecule has 2 heteroatoms. The van der Waals surface area contributed by atoms with E-state index in [0.717, 1.165) is 16.5 Å². The molecule has 0 unspecified atom stereocenters. The maximum atomic E-state index is 9.42. The van der Waals surface area contributed by atoms with Crippen LogP contribution in [0.2, 0.25) is 0 Å². The molecule has 0 heterocycles. The van der Waals surface area contributed by atoms with E-state index in [1.807, 2.05) is 12.1 Å². The van der Waals surface area contributed by atoms with Crippen molar-refractivity contribution in [1.82, 2.24) is 0 Å². The summed E-state index contributed by atoms with van der Waals surface area (Å²) in [6, 6.07) is 5.44. The Labute approximate surface area is 80.6 Å². The second-order valence-electron chi connectivity index (χ2n) is 2.48. The summed E-state index contributed by atoms with van der Waals surface area (Å²) in [6.07, 6.45) is 6.51. The highest BCUT2D eigenvalue weighted by Gasteiger charge is 1.99. The van der Waals surface area contributed by atoms with Gasteiger partial charge in [0.2, 0.25) is 0 Å². The molecule has 0 saturated carbocycles. The molecule has 1 nitrogen and oxygen atoms in total. The summed E-state index contributed by atoms with van der Waals surface area (Å²) in [4.78, 5) is 0. The van der Waals surface area contributed by atoms with E-state index in [4.69, 9.17) is 6.42 Å². The standard InChI is InChI=1S/C10H9BrO/c1-2-3-4-8-5-6-9(11)7-10(8)12/h1,5-7,12H,3-4H2. The molecule has 0 amide bonds. The van der Waals surface area contributed by atoms with Gasteiger partial charge in [-0.25, -0.2) is 0 Å². The lowest BCUT2D eigenvalue weighted by atomic mass is 10.1. The number of aryl methyl sites for hydroxylation is 1. The Balaban J connectivity index is 2.81. The first-order valence-corrected chi connectivity index (χ1v) is 4.44. The van der Waals surface area contributed by atoms with Crippen LogP contribution < -0.4 is 0 Å². The second-order valence-corrected chi connectivity index (χ2v) is 3.39. The molecule has 1 aromatic rings. The summed E-state index contributed by atoms with van der Waals surface area (Å²) in [5.41, 5.74) is 0.899. The first kappa shape index (κ1) is 9.15. The van der Waals surface area contributed by atoms with Crippen LogP contribution in [0.3, 0.4) is 0 Å². The van der Waals surface area contributed by atoms with E-state index in [2.05, 4.69) is 21.9 Å². The number of terminal acetylenes is 1. The molecule has 0 radical (unpaired) electrons. The van der Waals surface area contributed by atoms with Gasteiger partial charge in [-0.1, -0.05) is 22.0 Å². The predicted octanol–water partition coefficient (Wildman–Crippen LogP) is 2.72. The molecular weight excluding hydrogens is 216 g/mol. The van der Waals surface area contributed by atoms with Crippen LogP contribution >= 0.6 is 15.9 Å². The van der Waals surface area contributed by atoms with Crippen LogP contribution in [0.5, 0.6) is 5.75 Å². The zero-order chi connectivity index (χ0) is 8.97. The van der Waals surface area contributed by atoms with Crippen molar-refractivity contribution < 1.29 is 5.11 Å². The second kappa shape index (κ2) is 4.18. The van der Waals surface area contributed by atoms with Gasteiger partial charge in [0, 0.05) is 10.9 Å². The van der Waals surface area contributed by atoms with Crippen molar-refractivity contribution >= 4 is 15.9 Å². The summed E-state index contributed by atoms with van der Waals surface area (Å²) in [5, 5.41) is 9.42. The normalized spacial score (nSPS) is 9.33. The number of hydrogen-bond donors (Lipinski definition) is 1. The largest absolute Gasteiger partial charge is 0.508 e. The molecule has 0 aromatic heterocycles. The van der Waals surface area contributed by atoms with Crippen LogP contribution in [0.25, 0.3) is 0 Å². The lowest BCUT2D eigenvalue weighted by Gasteiger charge is -2.01. The number of halogens is 1. The average Bonchev–Trinajstić information content (AvgIpc) is 2.03. The predicted molar refractivity (Wildman–Crippen MR) is 53.0 cm³/mol. The van der Waals surface area contributed by atoms with Crippen LogP contribution in [-0.2, 0) is 6.42 Å². The molecule has 12 heavy (non-hydrogen) atoms. The molecule has 62 valence electrons. The van der Waals surface area contributed by atoms with Gasteiger partial charge in [0.05, 0.1) is 0 Å². The number of aromatic hydroxyl groups is 1. The highest BCUT2D eigenvalue weighted by atomic mass is 79.9. The molecule has 1 aromatic carbocycles. The average molecular weight is 225 g/mol. The monoisotopic (exact) mass is 224 g/mol. The van der Waals surface area contributed by atoms with E-state index in [9.17, 15) is 5.11 Å². The Kier molecular flexibility index (Phi) is 3.19. The number of phenolic OH excluding ortho intramolecular Hbond substituents is 1. The van der Waals surface area contributed by atoms with E-state index in [1.165, 1.54) is 0 Å². The number of benzene rings is 1. The highest BCUT2D eigenvalue weighted by Crippen LogP contribution is 2.22. The quantitative estimate of drug-likeness (QED) is 0.767. The molecule has 1 rings (SSSR count). The third kappa shape index (κ3) is 2.28. The third-order valence-electron chi connectivity index (χ3n) is 1.59. The molecule has 0 aliphatic rings. The summed E-state index contributed by atoms with van der Waals surface area (Å²) in [5.74, 6) is 2.84. The van der Waals surface area contributed by atoms with Crippen molar-refractivity contribution in [2.75, 3.05) is 0 Å². The van der Waals surface area contributed by atoms with Gasteiger partial charge >= 0.3 is 0 Å². The van der Waals surface area contributed by atoms with E-state index in [1.54, 1.807) is 6.07 Å². The van der Waals surface area contributed by atoms with Gasteiger partial charge in [0.25, 0.3) is 0 Å². The Morgan fingerprint density at radius 1 is 1.50 bits per heavy atom. The lowest BCUT2D eigenvalue weighted by Crippen LogP contribution is -1.84. The van der Waals surface area contributed by atoms with E-state index in [-0.39, 0.29) is 0 Å². The van der Waals surface area contributed by atoms with Gasteiger partial charge in [-0.15, -0.1) is 12.3 Å². The minimum atomic E-state index is 0.305. The fourth-order valence-corrected chi connectivity index (χ4v) is 1.30. The van der Waals surface area contributed by atoms with Crippen molar-refractivity contribution in [3.63, 3.8) is 0 Å². The smallest absolute Gasteiger partial charge is 0.119 e. The fourth-order valence-electron chi connectivity index (χ4n) is 0.955. The van der Waals surface area contributed by atoms with Crippen LogP contribution in [0, 0.1) is 12.3 Å². The van der Waals surface area contributed by atoms with E-state index < -0.39 is 0 Å². The maximum Gasteiger partial charge on any atom is 0.119 e. The minimum absolute atomic E-state index is 0.305. The zero-order valence-electron chi connectivity index (χ0n) is 6.55. The molecule has 0 fully saturated rings. The van der Waals surface area contributed by atoms with Gasteiger partial charge in [-0.05, 0) is 24.1 Å². The van der Waals surface area contributed by atoms with Gasteiger partial charge in [-0.3, -0.25) is 0 Å². The van der Waals surface area contributed by atoms with Gasteiger partial charge in [0.15, 0.2) is 0 Å². The fraction of sp³-hybridized carbons (Fsp3) is 0.200. The van der Waals surface area contributed by atoms with Gasteiger partial charge < -0.3 is 5.11 Å². The first-order chi connectivity index (χ1) is 5.74. The van der Waals surface area contributed by atoms with E-state index in [0.29, 0.717) is 12.2 Å². The zero-order valence-corrected chi connectivity index (χ0v) is 8.13. The van der Waals surface area contributed by atoms with Crippen LogP contribution in [0.15, 0.2) is 22.7 Å². The van der Waals surface area contributed by atoms with E-state index >= 15 is 0 Å². The van der Waals surface area contributed by atoms with Crippen molar-refractivity contribution in [2.24, 2.45) is 0 Å². The highest BCUT2D eigenvalue weighted by molar-refractivity contribution is 9.10. The molecule has 0 aliphatic heterocycles. The molecular formula is C10H9BrO. The first-order valence-electron chi connectivity index (χ1n) is 3.65. The molecule has 0 saturated heterocycles. The topological polar surface area (TPSA) is 20.2 Å². The molecule has 0 spiro atoms. The Morgan fingerprint density at radius 2 is 2.25 bits per heavy atom.